The molecule has 0 aromatic carbocycles. The predicted molar refractivity (Wildman–Crippen MR) is 42.5 cm³/mol. The normalized spacial score (nSPS) is 14.4. The Hall–Kier alpha value is -0.730. The van der Waals surface area contributed by atoms with Gasteiger partial charge in [0.25, 0.3) is 0 Å². The van der Waals surface area contributed by atoms with Crippen LogP contribution in [0.3, 0.4) is 0 Å². The van der Waals surface area contributed by atoms with E-state index in [1.165, 1.54) is 0 Å². The molecule has 0 aliphatic carbocycles. The van der Waals surface area contributed by atoms with Gasteiger partial charge in [0.2, 0.25) is 10.4 Å². The topological polar surface area (TPSA) is 103 Å². The number of halogens is 8. The summed E-state index contributed by atoms with van der Waals surface area (Å²) in [5.41, 5.74) is 0. The molecule has 19 heavy (non-hydrogen) atoms. The highest BCUT2D eigenvalue weighted by Crippen LogP contribution is 2.48. The third-order valence-electron chi connectivity index (χ3n) is 1.54. The Morgan fingerprint density at radius 1 is 1.05 bits per heavy atom. The third kappa shape index (κ3) is 4.39. The van der Waals surface area contributed by atoms with E-state index >= 15 is 0 Å². The maximum Gasteiger partial charge on any atom is 0.380 e. The van der Waals surface area contributed by atoms with E-state index in [0.29, 0.717) is 0 Å². The van der Waals surface area contributed by atoms with Gasteiger partial charge < -0.3 is 10.7 Å². The molecule has 0 aromatic rings. The SMILES string of the molecule is O=S(=O)([O-])OCC(F)(F)C(F)(F)C(F)(F)C(F)F.[NH4+]. The molecule has 0 rings (SSSR count). The minimum Gasteiger partial charge on any atom is -0.726 e. The molecular weight excluding hydrogens is 322 g/mol. The summed E-state index contributed by atoms with van der Waals surface area (Å²) in [6.07, 6.45) is -5.14. The van der Waals surface area contributed by atoms with Crippen LogP contribution in [0.15, 0.2) is 0 Å². The molecule has 0 fully saturated rings. The molecule has 0 aromatic heterocycles. The van der Waals surface area contributed by atoms with Crippen LogP contribution in [-0.4, -0.2) is 43.8 Å². The standard InChI is InChI=1S/C5H4F8O4S.H3N/c6-2(7)4(10,11)5(12,13)3(8,9)1-17-18(14,15)16;/h2H,1H2,(H,14,15,16);1H3. The number of quaternary nitrogens is 1. The highest BCUT2D eigenvalue weighted by molar-refractivity contribution is 7.80. The Kier molecular flexibility index (Phi) is 6.20. The number of hydrogen-bond acceptors (Lipinski definition) is 4. The van der Waals surface area contributed by atoms with E-state index in [1.807, 2.05) is 0 Å². The van der Waals surface area contributed by atoms with E-state index in [-0.39, 0.29) is 6.15 Å². The van der Waals surface area contributed by atoms with E-state index in [2.05, 4.69) is 4.18 Å². The van der Waals surface area contributed by atoms with Gasteiger partial charge in [0, 0.05) is 0 Å². The van der Waals surface area contributed by atoms with E-state index in [0.717, 1.165) is 0 Å². The fraction of sp³-hybridized carbons (Fsp3) is 1.00. The maximum atomic E-state index is 12.5. The molecule has 0 unspecified atom stereocenters. The zero-order valence-electron chi connectivity index (χ0n) is 8.85. The molecule has 14 heteroatoms. The van der Waals surface area contributed by atoms with E-state index < -0.39 is 41.2 Å². The highest BCUT2D eigenvalue weighted by Gasteiger charge is 2.75. The number of alkyl halides is 8. The number of hydrogen-bond donors (Lipinski definition) is 1. The average Bonchev–Trinajstić information content (AvgIpc) is 2.13. The van der Waals surface area contributed by atoms with Crippen molar-refractivity contribution in [3.05, 3.63) is 0 Å². The molecular formula is C5H7F8NO4S. The van der Waals surface area contributed by atoms with E-state index in [9.17, 15) is 48.1 Å². The molecule has 118 valence electrons. The Morgan fingerprint density at radius 3 is 1.68 bits per heavy atom. The molecule has 4 N–H and O–H groups in total. The monoisotopic (exact) mass is 329 g/mol. The van der Waals surface area contributed by atoms with Crippen molar-refractivity contribution in [3.63, 3.8) is 0 Å². The lowest BCUT2D eigenvalue weighted by atomic mass is 10.1. The van der Waals surface area contributed by atoms with E-state index in [1.54, 1.807) is 0 Å². The first kappa shape index (κ1) is 20.6. The van der Waals surface area contributed by atoms with E-state index in [4.69, 9.17) is 0 Å². The lowest BCUT2D eigenvalue weighted by molar-refractivity contribution is -0.342. The largest absolute Gasteiger partial charge is 0.726 e. The quantitative estimate of drug-likeness (QED) is 0.457. The van der Waals surface area contributed by atoms with Crippen LogP contribution in [0.5, 0.6) is 0 Å². The highest BCUT2D eigenvalue weighted by atomic mass is 32.3. The van der Waals surface area contributed by atoms with Crippen LogP contribution >= 0.6 is 0 Å². The van der Waals surface area contributed by atoms with Crippen LogP contribution in [0.4, 0.5) is 35.1 Å². The van der Waals surface area contributed by atoms with Crippen LogP contribution in [0.1, 0.15) is 0 Å². The molecule has 0 aliphatic heterocycles. The smallest absolute Gasteiger partial charge is 0.380 e. The second-order valence-electron chi connectivity index (χ2n) is 2.87. The predicted octanol–water partition coefficient (Wildman–Crippen LogP) is 2.01. The second-order valence-corrected chi connectivity index (χ2v) is 3.93. The van der Waals surface area contributed by atoms with Gasteiger partial charge in [-0.15, -0.1) is 0 Å². The van der Waals surface area contributed by atoms with Gasteiger partial charge >= 0.3 is 24.2 Å². The van der Waals surface area contributed by atoms with Gasteiger partial charge in [-0.3, -0.25) is 4.18 Å². The lowest BCUT2D eigenvalue weighted by Crippen LogP contribution is -2.59. The van der Waals surface area contributed by atoms with Crippen LogP contribution < -0.4 is 6.15 Å². The van der Waals surface area contributed by atoms with Crippen LogP contribution in [-0.2, 0) is 14.6 Å². The van der Waals surface area contributed by atoms with Crippen molar-refractivity contribution in [1.82, 2.24) is 6.15 Å². The summed E-state index contributed by atoms with van der Waals surface area (Å²) in [5.74, 6) is -19.0. The summed E-state index contributed by atoms with van der Waals surface area (Å²) in [6.45, 7) is -2.99. The molecule has 0 radical (unpaired) electrons. The van der Waals surface area contributed by atoms with Crippen LogP contribution in [0.25, 0.3) is 0 Å². The molecule has 0 saturated carbocycles. The summed E-state index contributed by atoms with van der Waals surface area (Å²) in [6, 6.07) is 0. The second kappa shape index (κ2) is 5.72. The molecule has 0 amide bonds. The minimum absolute atomic E-state index is 0. The van der Waals surface area contributed by atoms with Crippen molar-refractivity contribution in [2.75, 3.05) is 6.61 Å². The summed E-state index contributed by atoms with van der Waals surface area (Å²) >= 11 is 0. The zero-order valence-corrected chi connectivity index (χ0v) is 9.67. The average molecular weight is 329 g/mol. The van der Waals surface area contributed by atoms with Gasteiger partial charge in [-0.2, -0.15) is 26.3 Å². The first-order valence-corrected chi connectivity index (χ1v) is 5.00. The van der Waals surface area contributed by atoms with Crippen molar-refractivity contribution >= 4 is 10.4 Å². The van der Waals surface area contributed by atoms with Gasteiger partial charge in [-0.25, -0.2) is 17.2 Å². The Labute approximate surface area is 101 Å². The molecule has 0 heterocycles. The van der Waals surface area contributed by atoms with Crippen LogP contribution in [0.2, 0.25) is 0 Å². The van der Waals surface area contributed by atoms with Crippen LogP contribution in [0, 0.1) is 0 Å². The fourth-order valence-corrected chi connectivity index (χ4v) is 0.910. The molecule has 0 atom stereocenters. The maximum absolute atomic E-state index is 12.5. The minimum atomic E-state index is -6.61. The molecule has 5 nitrogen and oxygen atoms in total. The lowest BCUT2D eigenvalue weighted by Gasteiger charge is -2.31. The first-order chi connectivity index (χ1) is 7.65. The first-order valence-electron chi connectivity index (χ1n) is 3.67. The summed E-state index contributed by atoms with van der Waals surface area (Å²) in [4.78, 5) is 0. The van der Waals surface area contributed by atoms with Gasteiger partial charge in [0.1, 0.15) is 6.61 Å². The van der Waals surface area contributed by atoms with Gasteiger partial charge in [-0.05, 0) is 0 Å². The van der Waals surface area contributed by atoms with Gasteiger partial charge in [0.05, 0.1) is 0 Å². The van der Waals surface area contributed by atoms with Crippen molar-refractivity contribution in [2.45, 2.75) is 24.2 Å². The molecule has 0 spiro atoms. The summed E-state index contributed by atoms with van der Waals surface area (Å²) < 4.78 is 129. The molecule has 0 bridgehead atoms. The fourth-order valence-electron chi connectivity index (χ4n) is 0.618. The zero-order chi connectivity index (χ0) is 15.0. The Balaban J connectivity index is 0. The van der Waals surface area contributed by atoms with Crippen molar-refractivity contribution < 1.29 is 52.3 Å². The van der Waals surface area contributed by atoms with Gasteiger partial charge in [-0.1, -0.05) is 0 Å². The van der Waals surface area contributed by atoms with Crippen molar-refractivity contribution in [3.8, 4) is 0 Å². The van der Waals surface area contributed by atoms with Crippen molar-refractivity contribution in [1.29, 1.82) is 0 Å². The molecule has 0 aliphatic rings. The van der Waals surface area contributed by atoms with Gasteiger partial charge in [0.15, 0.2) is 0 Å². The molecule has 0 saturated heterocycles. The summed E-state index contributed by atoms with van der Waals surface area (Å²) in [7, 11) is -5.88. The van der Waals surface area contributed by atoms with Crippen molar-refractivity contribution in [2.24, 2.45) is 0 Å². The number of rotatable bonds is 6. The summed E-state index contributed by atoms with van der Waals surface area (Å²) in [5, 5.41) is 0. The third-order valence-corrected chi connectivity index (χ3v) is 1.94. The Bertz CT molecular complexity index is 396. The Morgan fingerprint density at radius 2 is 1.42 bits per heavy atom.